The minimum Gasteiger partial charge on any atom is -0.462 e. The van der Waals surface area contributed by atoms with Crippen LogP contribution < -0.4 is 0 Å². The van der Waals surface area contributed by atoms with Gasteiger partial charge in [-0.3, -0.25) is 0 Å². The minimum absolute atomic E-state index is 0.0451. The number of hydrogen-bond acceptors (Lipinski definition) is 4. The van der Waals surface area contributed by atoms with Gasteiger partial charge in [-0.05, 0) is 6.92 Å². The Morgan fingerprint density at radius 3 is 2.79 bits per heavy atom. The van der Waals surface area contributed by atoms with E-state index in [1.165, 1.54) is 6.92 Å². The van der Waals surface area contributed by atoms with Gasteiger partial charge in [0.1, 0.15) is 10.7 Å². The SMILES string of the molecule is CCOC(=O)c1cnn2cc(Cl)nc2c1C(F)(F)F. The maximum atomic E-state index is 13.1. The second-order valence-corrected chi connectivity index (χ2v) is 3.87. The quantitative estimate of drug-likeness (QED) is 0.799. The van der Waals surface area contributed by atoms with Crippen molar-refractivity contribution in [2.75, 3.05) is 6.61 Å². The van der Waals surface area contributed by atoms with Crippen LogP contribution in [0.1, 0.15) is 22.8 Å². The van der Waals surface area contributed by atoms with Gasteiger partial charge in [0.15, 0.2) is 5.65 Å². The fraction of sp³-hybridized carbons (Fsp3) is 0.300. The first-order valence-corrected chi connectivity index (χ1v) is 5.50. The lowest BCUT2D eigenvalue weighted by Gasteiger charge is -2.12. The van der Waals surface area contributed by atoms with E-state index in [4.69, 9.17) is 11.6 Å². The molecule has 0 saturated carbocycles. The first-order valence-electron chi connectivity index (χ1n) is 5.12. The number of fused-ring (bicyclic) bond motifs is 1. The number of rotatable bonds is 2. The predicted octanol–water partition coefficient (Wildman–Crippen LogP) is 2.58. The summed E-state index contributed by atoms with van der Waals surface area (Å²) in [6.45, 7) is 1.44. The van der Waals surface area contributed by atoms with Gasteiger partial charge < -0.3 is 4.74 Å². The predicted molar refractivity (Wildman–Crippen MR) is 59.0 cm³/mol. The summed E-state index contributed by atoms with van der Waals surface area (Å²) in [6, 6.07) is 0. The zero-order valence-corrected chi connectivity index (χ0v) is 10.3. The molecule has 5 nitrogen and oxygen atoms in total. The summed E-state index contributed by atoms with van der Waals surface area (Å²) in [5.41, 5.74) is -2.44. The van der Waals surface area contributed by atoms with Crippen molar-refractivity contribution in [3.05, 3.63) is 28.7 Å². The molecule has 2 aromatic rings. The van der Waals surface area contributed by atoms with E-state index < -0.39 is 28.9 Å². The van der Waals surface area contributed by atoms with Crippen LogP contribution in [0.4, 0.5) is 13.2 Å². The highest BCUT2D eigenvalue weighted by molar-refractivity contribution is 6.29. The number of halogens is 4. The molecule has 0 fully saturated rings. The Bertz CT molecular complexity index is 639. The van der Waals surface area contributed by atoms with E-state index in [0.29, 0.717) is 0 Å². The summed E-state index contributed by atoms with van der Waals surface area (Å²) < 4.78 is 44.6. The molecule has 0 aromatic carbocycles. The monoisotopic (exact) mass is 293 g/mol. The van der Waals surface area contributed by atoms with Crippen molar-refractivity contribution in [2.24, 2.45) is 0 Å². The molecule has 0 saturated heterocycles. The van der Waals surface area contributed by atoms with Crippen molar-refractivity contribution in [1.29, 1.82) is 0 Å². The molecule has 2 aromatic heterocycles. The van der Waals surface area contributed by atoms with Crippen molar-refractivity contribution in [1.82, 2.24) is 14.6 Å². The number of ether oxygens (including phenoxy) is 1. The largest absolute Gasteiger partial charge is 0.462 e. The van der Waals surface area contributed by atoms with Gasteiger partial charge in [-0.15, -0.1) is 0 Å². The van der Waals surface area contributed by atoms with Crippen LogP contribution >= 0.6 is 11.6 Å². The molecule has 0 radical (unpaired) electrons. The topological polar surface area (TPSA) is 56.5 Å². The van der Waals surface area contributed by atoms with E-state index in [0.717, 1.165) is 16.9 Å². The second kappa shape index (κ2) is 4.69. The Morgan fingerprint density at radius 2 is 2.21 bits per heavy atom. The number of imidazole rings is 1. The molecule has 0 atom stereocenters. The molecule has 9 heteroatoms. The lowest BCUT2D eigenvalue weighted by atomic mass is 10.1. The lowest BCUT2D eigenvalue weighted by Crippen LogP contribution is -2.18. The van der Waals surface area contributed by atoms with Gasteiger partial charge in [0.2, 0.25) is 0 Å². The summed E-state index contributed by atoms with van der Waals surface area (Å²) in [5, 5.41) is 3.49. The first kappa shape index (κ1) is 13.6. The van der Waals surface area contributed by atoms with Crippen LogP contribution in [-0.4, -0.2) is 27.2 Å². The highest BCUT2D eigenvalue weighted by Crippen LogP contribution is 2.35. The third-order valence-electron chi connectivity index (χ3n) is 2.24. The van der Waals surface area contributed by atoms with Crippen LogP contribution in [0.2, 0.25) is 5.15 Å². The number of alkyl halides is 3. The molecular formula is C10H7ClF3N3O2. The van der Waals surface area contributed by atoms with E-state index in [1.54, 1.807) is 0 Å². The number of esters is 1. The van der Waals surface area contributed by atoms with Gasteiger partial charge in [-0.1, -0.05) is 11.6 Å². The van der Waals surface area contributed by atoms with Gasteiger partial charge in [-0.25, -0.2) is 14.3 Å². The van der Waals surface area contributed by atoms with Crippen LogP contribution in [0.5, 0.6) is 0 Å². The van der Waals surface area contributed by atoms with Crippen LogP contribution in [0, 0.1) is 0 Å². The highest BCUT2D eigenvalue weighted by atomic mass is 35.5. The standard InChI is InChI=1S/C10H7ClF3N3O2/c1-2-19-9(18)5-3-15-17-4-6(11)16-8(17)7(5)10(12,13)14/h3-4H,2H2,1H3. The molecule has 0 unspecified atom stereocenters. The Hall–Kier alpha value is -1.83. The molecule has 0 aliphatic carbocycles. The van der Waals surface area contributed by atoms with E-state index in [-0.39, 0.29) is 11.8 Å². The van der Waals surface area contributed by atoms with Gasteiger partial charge in [0, 0.05) is 0 Å². The molecule has 0 aliphatic heterocycles. The Labute approximate surface area is 109 Å². The Balaban J connectivity index is 2.73. The lowest BCUT2D eigenvalue weighted by molar-refractivity contribution is -0.137. The average molecular weight is 294 g/mol. The molecule has 2 heterocycles. The van der Waals surface area contributed by atoms with E-state index in [9.17, 15) is 18.0 Å². The number of carbonyl (C=O) groups excluding carboxylic acids is 1. The van der Waals surface area contributed by atoms with Crippen molar-refractivity contribution < 1.29 is 22.7 Å². The molecule has 0 aliphatic rings. The highest BCUT2D eigenvalue weighted by Gasteiger charge is 2.39. The fourth-order valence-corrected chi connectivity index (χ4v) is 1.72. The second-order valence-electron chi connectivity index (χ2n) is 3.48. The van der Waals surface area contributed by atoms with Gasteiger partial charge in [0.05, 0.1) is 24.6 Å². The van der Waals surface area contributed by atoms with Crippen LogP contribution in [0.15, 0.2) is 12.4 Å². The van der Waals surface area contributed by atoms with Crippen LogP contribution in [-0.2, 0) is 10.9 Å². The first-order chi connectivity index (χ1) is 8.84. The van der Waals surface area contributed by atoms with Gasteiger partial charge in [-0.2, -0.15) is 18.3 Å². The summed E-state index contributed by atoms with van der Waals surface area (Å²) in [4.78, 5) is 15.1. The van der Waals surface area contributed by atoms with E-state index in [1.807, 2.05) is 0 Å². The minimum atomic E-state index is -4.78. The Morgan fingerprint density at radius 1 is 1.53 bits per heavy atom. The number of aromatic nitrogens is 3. The molecule has 0 spiro atoms. The summed E-state index contributed by atoms with van der Waals surface area (Å²) in [6.07, 6.45) is -2.88. The maximum Gasteiger partial charge on any atom is 0.420 e. The van der Waals surface area contributed by atoms with Crippen molar-refractivity contribution in [2.45, 2.75) is 13.1 Å². The number of hydrogen-bond donors (Lipinski definition) is 0. The van der Waals surface area contributed by atoms with Crippen LogP contribution in [0.25, 0.3) is 5.65 Å². The molecule has 2 rings (SSSR count). The average Bonchev–Trinajstić information content (AvgIpc) is 2.66. The van der Waals surface area contributed by atoms with Crippen LogP contribution in [0.3, 0.4) is 0 Å². The number of nitrogens with zero attached hydrogens (tertiary/aromatic N) is 3. The summed E-state index contributed by atoms with van der Waals surface area (Å²) in [7, 11) is 0. The molecule has 19 heavy (non-hydrogen) atoms. The van der Waals surface area contributed by atoms with E-state index in [2.05, 4.69) is 14.8 Å². The molecule has 0 amide bonds. The van der Waals surface area contributed by atoms with Gasteiger partial charge in [0.25, 0.3) is 0 Å². The van der Waals surface area contributed by atoms with E-state index >= 15 is 0 Å². The number of carbonyl (C=O) groups is 1. The smallest absolute Gasteiger partial charge is 0.420 e. The third-order valence-corrected chi connectivity index (χ3v) is 2.42. The zero-order chi connectivity index (χ0) is 14.2. The summed E-state index contributed by atoms with van der Waals surface area (Å²) >= 11 is 5.54. The van der Waals surface area contributed by atoms with Gasteiger partial charge >= 0.3 is 12.1 Å². The molecular weight excluding hydrogens is 287 g/mol. The van der Waals surface area contributed by atoms with Crippen molar-refractivity contribution in [3.63, 3.8) is 0 Å². The molecule has 0 bridgehead atoms. The maximum absolute atomic E-state index is 13.1. The third kappa shape index (κ3) is 2.48. The Kier molecular flexibility index (Phi) is 3.36. The summed E-state index contributed by atoms with van der Waals surface area (Å²) in [5.74, 6) is -1.11. The van der Waals surface area contributed by atoms with Crippen molar-refractivity contribution in [3.8, 4) is 0 Å². The zero-order valence-electron chi connectivity index (χ0n) is 9.53. The molecule has 102 valence electrons. The van der Waals surface area contributed by atoms with Crippen molar-refractivity contribution >= 4 is 23.2 Å². The normalized spacial score (nSPS) is 11.8. The molecule has 0 N–H and O–H groups in total. The fourth-order valence-electron chi connectivity index (χ4n) is 1.55.